The molecule has 0 atom stereocenters. The van der Waals surface area contributed by atoms with E-state index in [1.165, 1.54) is 35.0 Å². The highest BCUT2D eigenvalue weighted by molar-refractivity contribution is 9.10. The molecule has 0 spiro atoms. The summed E-state index contributed by atoms with van der Waals surface area (Å²) in [4.78, 5) is 20.7. The van der Waals surface area contributed by atoms with Crippen LogP contribution in [0.2, 0.25) is 51.4 Å². The third-order valence-corrected chi connectivity index (χ3v) is 10.5. The summed E-state index contributed by atoms with van der Waals surface area (Å²) in [6, 6.07) is 11.0. The molecule has 2 aromatic heterocycles. The van der Waals surface area contributed by atoms with Crippen molar-refractivity contribution in [2.75, 3.05) is 13.2 Å². The fourth-order valence-corrected chi connectivity index (χ4v) is 6.02. The van der Waals surface area contributed by atoms with Crippen molar-refractivity contribution in [2.24, 2.45) is 0 Å². The molecule has 0 aliphatic heterocycles. The first-order valence-electron chi connectivity index (χ1n) is 13.9. The normalized spacial score (nSPS) is 11.9. The Morgan fingerprint density at radius 1 is 0.795 bits per heavy atom. The summed E-state index contributed by atoms with van der Waals surface area (Å²) in [5.74, 6) is 0. The molecule has 238 valence electrons. The van der Waals surface area contributed by atoms with Gasteiger partial charge in [-0.3, -0.25) is 20.2 Å². The van der Waals surface area contributed by atoms with Gasteiger partial charge in [0.25, 0.3) is 11.4 Å². The summed E-state index contributed by atoms with van der Waals surface area (Å²) in [6.45, 7) is 15.5. The molecule has 0 aliphatic carbocycles. The first-order valence-corrected chi connectivity index (χ1v) is 22.1. The number of non-ortho nitro benzene ring substituents is 2. The van der Waals surface area contributed by atoms with Crippen molar-refractivity contribution < 1.29 is 29.4 Å². The van der Waals surface area contributed by atoms with Gasteiger partial charge in [-0.1, -0.05) is 39.3 Å². The van der Waals surface area contributed by atoms with Crippen molar-refractivity contribution in [3.8, 4) is 0 Å². The number of halogens is 1. The van der Waals surface area contributed by atoms with Gasteiger partial charge in [0.1, 0.15) is 23.7 Å². The quantitative estimate of drug-likeness (QED) is 0.0834. The highest BCUT2D eigenvalue weighted by Gasteiger charge is 2.23. The van der Waals surface area contributed by atoms with E-state index in [1.54, 1.807) is 10.7 Å². The SMILES string of the molecule is C[Si](C)(C)CCOCn1nc(B(O)O)c2cc([N+](=O)[O-])ccc21.C[Si](C)(C)CCOCn1nc(Br)c2cc([N+](=O)[O-])ccc21. The second kappa shape index (κ2) is 14.9. The van der Waals surface area contributed by atoms with Crippen LogP contribution in [0.3, 0.4) is 0 Å². The number of aromatic nitrogens is 4. The molecule has 44 heavy (non-hydrogen) atoms. The molecule has 2 aromatic carbocycles. The minimum atomic E-state index is -1.80. The molecule has 4 rings (SSSR count). The summed E-state index contributed by atoms with van der Waals surface area (Å²) in [5.41, 5.74) is 1.30. The van der Waals surface area contributed by atoms with Crippen molar-refractivity contribution in [1.82, 2.24) is 19.6 Å². The van der Waals surface area contributed by atoms with Gasteiger partial charge < -0.3 is 19.5 Å². The summed E-state index contributed by atoms with van der Waals surface area (Å²) >= 11 is 3.34. The Balaban J connectivity index is 0.000000241. The zero-order valence-corrected chi connectivity index (χ0v) is 29.3. The zero-order chi connectivity index (χ0) is 32.8. The third-order valence-electron chi connectivity index (χ3n) is 6.54. The average molecular weight is 710 g/mol. The number of ether oxygens (including phenoxy) is 2. The second-order valence-electron chi connectivity index (χ2n) is 12.7. The van der Waals surface area contributed by atoms with Crippen LogP contribution in [-0.4, -0.2) is 75.9 Å². The Bertz CT molecular complexity index is 1620. The number of benzene rings is 2. The predicted molar refractivity (Wildman–Crippen MR) is 179 cm³/mol. The Morgan fingerprint density at radius 2 is 1.23 bits per heavy atom. The van der Waals surface area contributed by atoms with Crippen LogP contribution in [0.5, 0.6) is 0 Å². The smallest absolute Gasteiger partial charge is 0.422 e. The minimum absolute atomic E-state index is 0.0162. The molecule has 18 heteroatoms. The van der Waals surface area contributed by atoms with Crippen LogP contribution < -0.4 is 5.59 Å². The summed E-state index contributed by atoms with van der Waals surface area (Å²) < 4.78 is 15.1. The zero-order valence-electron chi connectivity index (χ0n) is 25.7. The fraction of sp³-hybridized carbons (Fsp3) is 0.462. The Morgan fingerprint density at radius 3 is 1.66 bits per heavy atom. The molecular weight excluding hydrogens is 671 g/mol. The van der Waals surface area contributed by atoms with Crippen LogP contribution in [0.4, 0.5) is 11.4 Å². The summed E-state index contributed by atoms with van der Waals surface area (Å²) in [6.07, 6.45) is 0. The molecule has 0 radical (unpaired) electrons. The van der Waals surface area contributed by atoms with Crippen molar-refractivity contribution in [1.29, 1.82) is 0 Å². The van der Waals surface area contributed by atoms with E-state index in [2.05, 4.69) is 65.4 Å². The second-order valence-corrected chi connectivity index (χ2v) is 24.7. The maximum Gasteiger partial charge on any atom is 0.510 e. The molecule has 0 saturated heterocycles. The van der Waals surface area contributed by atoms with E-state index in [-0.39, 0.29) is 23.7 Å². The summed E-state index contributed by atoms with van der Waals surface area (Å²) in [5, 5.41) is 50.0. The number of hydrogen-bond acceptors (Lipinski definition) is 10. The van der Waals surface area contributed by atoms with Gasteiger partial charge in [-0.25, -0.2) is 9.36 Å². The van der Waals surface area contributed by atoms with E-state index in [0.717, 1.165) is 23.0 Å². The standard InChI is InChI=1S/C13H20BN3O5Si.C13H18BrN3O3Si/c1-23(2,3)7-6-22-9-16-12-5-4-10(17(20)21)8-11(12)13(15-16)14(18)19;1-21(2,3)7-6-20-9-16-12-5-4-10(17(18)19)8-11(12)13(14)15-16/h4-5,8,18-19H,6-7,9H2,1-3H3;4-5,8H,6-7,9H2,1-3H3. The first kappa shape index (κ1) is 35.5. The van der Waals surface area contributed by atoms with Crippen molar-refractivity contribution in [3.63, 3.8) is 0 Å². The van der Waals surface area contributed by atoms with Gasteiger partial charge in [0.15, 0.2) is 0 Å². The van der Waals surface area contributed by atoms with Gasteiger partial charge in [0, 0.05) is 64.4 Å². The lowest BCUT2D eigenvalue weighted by molar-refractivity contribution is -0.384. The maximum absolute atomic E-state index is 10.9. The molecular formula is C26H38BBrN6O8Si2. The molecule has 0 aliphatic rings. The van der Waals surface area contributed by atoms with E-state index in [0.29, 0.717) is 35.5 Å². The van der Waals surface area contributed by atoms with Crippen LogP contribution in [-0.2, 0) is 22.9 Å². The minimum Gasteiger partial charge on any atom is -0.422 e. The van der Waals surface area contributed by atoms with Gasteiger partial charge in [0.2, 0.25) is 0 Å². The molecule has 0 bridgehead atoms. The lowest BCUT2D eigenvalue weighted by atomic mass is 9.84. The fourth-order valence-electron chi connectivity index (χ4n) is 3.99. The number of nitro groups is 2. The van der Waals surface area contributed by atoms with Gasteiger partial charge in [0.05, 0.1) is 20.9 Å². The lowest BCUT2D eigenvalue weighted by Crippen LogP contribution is -2.32. The molecule has 0 amide bonds. The first-order chi connectivity index (χ1) is 20.5. The molecule has 2 N–H and O–H groups in total. The largest absolute Gasteiger partial charge is 0.510 e. The lowest BCUT2D eigenvalue weighted by Gasteiger charge is -2.15. The van der Waals surface area contributed by atoms with Gasteiger partial charge >= 0.3 is 7.12 Å². The summed E-state index contributed by atoms with van der Waals surface area (Å²) in [7, 11) is -4.10. The molecule has 2 heterocycles. The number of hydrogen-bond donors (Lipinski definition) is 2. The average Bonchev–Trinajstić information content (AvgIpc) is 3.45. The van der Waals surface area contributed by atoms with Gasteiger partial charge in [-0.15, -0.1) is 0 Å². The topological polar surface area (TPSA) is 181 Å². The highest BCUT2D eigenvalue weighted by Crippen LogP contribution is 2.27. The maximum atomic E-state index is 10.9. The van der Waals surface area contributed by atoms with E-state index in [9.17, 15) is 30.3 Å². The van der Waals surface area contributed by atoms with Gasteiger partial charge in [-0.2, -0.15) is 10.2 Å². The molecule has 14 nitrogen and oxygen atoms in total. The van der Waals surface area contributed by atoms with Crippen LogP contribution in [0.1, 0.15) is 0 Å². The van der Waals surface area contributed by atoms with E-state index < -0.39 is 33.1 Å². The van der Waals surface area contributed by atoms with E-state index in [4.69, 9.17) is 9.47 Å². The van der Waals surface area contributed by atoms with Crippen molar-refractivity contribution in [3.05, 3.63) is 61.2 Å². The van der Waals surface area contributed by atoms with Crippen molar-refractivity contribution >= 4 is 78.0 Å². The molecule has 4 aromatic rings. The van der Waals surface area contributed by atoms with E-state index >= 15 is 0 Å². The molecule has 0 fully saturated rings. The van der Waals surface area contributed by atoms with Crippen LogP contribution in [0, 0.1) is 20.2 Å². The van der Waals surface area contributed by atoms with Gasteiger partial charge in [-0.05, 0) is 40.2 Å². The van der Waals surface area contributed by atoms with Crippen molar-refractivity contribution in [2.45, 2.75) is 64.8 Å². The number of rotatable bonds is 13. The van der Waals surface area contributed by atoms with Crippen LogP contribution in [0.15, 0.2) is 41.0 Å². The van der Waals surface area contributed by atoms with Crippen LogP contribution >= 0.6 is 15.9 Å². The van der Waals surface area contributed by atoms with E-state index in [1.807, 2.05) is 0 Å². The Kier molecular flexibility index (Phi) is 12.0. The third kappa shape index (κ3) is 10.0. The Labute approximate surface area is 265 Å². The number of nitrogens with zero attached hydrogens (tertiary/aromatic N) is 6. The number of fused-ring (bicyclic) bond motifs is 2. The monoisotopic (exact) mass is 708 g/mol. The molecule has 0 saturated carbocycles. The molecule has 0 unspecified atom stereocenters. The highest BCUT2D eigenvalue weighted by atomic mass is 79.9. The van der Waals surface area contributed by atoms with Crippen LogP contribution in [0.25, 0.3) is 21.8 Å². The Hall–Kier alpha value is -3.00. The number of nitro benzene ring substituents is 2. The predicted octanol–water partition coefficient (Wildman–Crippen LogP) is 4.96.